The predicted octanol–water partition coefficient (Wildman–Crippen LogP) is 4.38. The van der Waals surface area contributed by atoms with Crippen molar-refractivity contribution in [2.45, 2.75) is 6.42 Å². The van der Waals surface area contributed by atoms with Crippen molar-refractivity contribution in [2.24, 2.45) is 0 Å². The van der Waals surface area contributed by atoms with Crippen molar-refractivity contribution in [1.29, 1.82) is 0 Å². The number of nitrogens with zero attached hydrogens (tertiary/aromatic N) is 3. The van der Waals surface area contributed by atoms with Crippen LogP contribution in [0.1, 0.15) is 5.56 Å². The van der Waals surface area contributed by atoms with Gasteiger partial charge in [-0.2, -0.15) is 0 Å². The van der Waals surface area contributed by atoms with Crippen LogP contribution in [0.4, 0.5) is 16.3 Å². The monoisotopic (exact) mass is 435 g/mol. The second-order valence-corrected chi connectivity index (χ2v) is 8.10. The first kappa shape index (κ1) is 21.2. The molecule has 1 fully saturated rings. The van der Waals surface area contributed by atoms with Crippen molar-refractivity contribution in [1.82, 2.24) is 14.8 Å². The number of urea groups is 1. The van der Waals surface area contributed by atoms with E-state index >= 15 is 0 Å². The third-order valence-corrected chi connectivity index (χ3v) is 5.74. The molecule has 160 valence electrons. The van der Waals surface area contributed by atoms with E-state index < -0.39 is 0 Å². The second-order valence-electron chi connectivity index (χ2n) is 7.66. The largest absolute Gasteiger partial charge is 0.384 e. The van der Waals surface area contributed by atoms with Gasteiger partial charge in [0.25, 0.3) is 0 Å². The third kappa shape index (κ3) is 5.75. The topological polar surface area (TPSA) is 74.5 Å². The van der Waals surface area contributed by atoms with Crippen molar-refractivity contribution in [3.05, 3.63) is 77.3 Å². The number of pyridine rings is 1. The standard InChI is InChI=1S/C24H26ClN5O/c25-20-8-10-21(11-9-20)27-24(31)30-16-14-29(15-17-30)13-12-18-4-6-19(7-5-18)22-2-1-3-23(26)28-22/h1-11H,12-17H2,(H2,26,28)(H,27,31). The van der Waals surface area contributed by atoms with Crippen LogP contribution in [-0.2, 0) is 6.42 Å². The number of carbonyl (C=O) groups excluding carboxylic acids is 1. The van der Waals surface area contributed by atoms with Crippen LogP contribution in [0.5, 0.6) is 0 Å². The minimum absolute atomic E-state index is 0.0623. The van der Waals surface area contributed by atoms with Crippen molar-refractivity contribution in [3.63, 3.8) is 0 Å². The van der Waals surface area contributed by atoms with Crippen molar-refractivity contribution in [2.75, 3.05) is 43.8 Å². The molecule has 2 heterocycles. The number of benzene rings is 2. The molecular formula is C24H26ClN5O. The maximum absolute atomic E-state index is 12.5. The molecule has 1 aliphatic heterocycles. The highest BCUT2D eigenvalue weighted by molar-refractivity contribution is 6.30. The number of anilines is 2. The van der Waals surface area contributed by atoms with Gasteiger partial charge in [-0.05, 0) is 48.4 Å². The summed E-state index contributed by atoms with van der Waals surface area (Å²) < 4.78 is 0. The van der Waals surface area contributed by atoms with Crippen molar-refractivity contribution in [3.8, 4) is 11.3 Å². The van der Waals surface area contributed by atoms with Crippen LogP contribution in [0.2, 0.25) is 5.02 Å². The first-order valence-corrected chi connectivity index (χ1v) is 10.8. The van der Waals surface area contributed by atoms with Crippen LogP contribution in [0.15, 0.2) is 66.7 Å². The molecule has 0 spiro atoms. The van der Waals surface area contributed by atoms with E-state index in [0.717, 1.165) is 56.1 Å². The first-order chi connectivity index (χ1) is 15.1. The Morgan fingerprint density at radius 2 is 1.68 bits per heavy atom. The number of rotatable bonds is 5. The van der Waals surface area contributed by atoms with E-state index in [1.54, 1.807) is 18.2 Å². The molecule has 2 aromatic carbocycles. The minimum atomic E-state index is -0.0623. The molecule has 4 rings (SSSR count). The van der Waals surface area contributed by atoms with Gasteiger partial charge in [0.15, 0.2) is 0 Å². The number of hydrogen-bond donors (Lipinski definition) is 2. The number of carbonyl (C=O) groups is 1. The van der Waals surface area contributed by atoms with Crippen molar-refractivity contribution >= 4 is 29.1 Å². The highest BCUT2D eigenvalue weighted by atomic mass is 35.5. The summed E-state index contributed by atoms with van der Waals surface area (Å²) in [5.41, 5.74) is 9.78. The van der Waals surface area contributed by atoms with Crippen molar-refractivity contribution < 1.29 is 4.79 Å². The van der Waals surface area contributed by atoms with E-state index in [1.807, 2.05) is 29.2 Å². The van der Waals surface area contributed by atoms with Gasteiger partial charge < -0.3 is 16.0 Å². The van der Waals surface area contributed by atoms with E-state index in [0.29, 0.717) is 10.8 Å². The Morgan fingerprint density at radius 3 is 2.35 bits per heavy atom. The van der Waals surface area contributed by atoms with Gasteiger partial charge in [0, 0.05) is 49.0 Å². The van der Waals surface area contributed by atoms with E-state index in [2.05, 4.69) is 39.5 Å². The number of hydrogen-bond acceptors (Lipinski definition) is 4. The summed E-state index contributed by atoms with van der Waals surface area (Å²) in [6.45, 7) is 4.17. The zero-order valence-corrected chi connectivity index (χ0v) is 18.1. The molecular weight excluding hydrogens is 410 g/mol. The number of amides is 2. The average molecular weight is 436 g/mol. The Balaban J connectivity index is 1.23. The normalized spacial score (nSPS) is 14.4. The van der Waals surface area contributed by atoms with Gasteiger partial charge in [0.2, 0.25) is 0 Å². The molecule has 1 aliphatic rings. The van der Waals surface area contributed by atoms with Gasteiger partial charge in [-0.15, -0.1) is 0 Å². The summed E-state index contributed by atoms with van der Waals surface area (Å²) in [6.07, 6.45) is 0.974. The fourth-order valence-corrected chi connectivity index (χ4v) is 3.78. The Hall–Kier alpha value is -3.09. The number of halogens is 1. The molecule has 3 N–H and O–H groups in total. The summed E-state index contributed by atoms with van der Waals surface area (Å²) in [7, 11) is 0. The molecule has 0 aliphatic carbocycles. The molecule has 6 nitrogen and oxygen atoms in total. The van der Waals surface area contributed by atoms with Crippen LogP contribution >= 0.6 is 11.6 Å². The number of nitrogens with one attached hydrogen (secondary N) is 1. The zero-order valence-electron chi connectivity index (χ0n) is 17.3. The lowest BCUT2D eigenvalue weighted by atomic mass is 10.1. The quantitative estimate of drug-likeness (QED) is 0.623. The predicted molar refractivity (Wildman–Crippen MR) is 126 cm³/mol. The lowest BCUT2D eigenvalue weighted by Crippen LogP contribution is -2.50. The maximum Gasteiger partial charge on any atom is 0.321 e. The van der Waals surface area contributed by atoms with Crippen LogP contribution in [-0.4, -0.2) is 53.5 Å². The SMILES string of the molecule is Nc1cccc(-c2ccc(CCN3CCN(C(=O)Nc4ccc(Cl)cc4)CC3)cc2)n1. The molecule has 31 heavy (non-hydrogen) atoms. The van der Waals surface area contributed by atoms with E-state index in [1.165, 1.54) is 5.56 Å². The molecule has 0 unspecified atom stereocenters. The lowest BCUT2D eigenvalue weighted by Gasteiger charge is -2.34. The average Bonchev–Trinajstić information content (AvgIpc) is 2.80. The molecule has 0 bridgehead atoms. The number of piperazine rings is 1. The van der Waals surface area contributed by atoms with Gasteiger partial charge in [-0.1, -0.05) is 41.9 Å². The smallest absolute Gasteiger partial charge is 0.321 e. The van der Waals surface area contributed by atoms with Crippen LogP contribution in [0, 0.1) is 0 Å². The third-order valence-electron chi connectivity index (χ3n) is 5.49. The Morgan fingerprint density at radius 1 is 0.968 bits per heavy atom. The molecule has 0 radical (unpaired) electrons. The van der Waals surface area contributed by atoms with Crippen LogP contribution < -0.4 is 11.1 Å². The van der Waals surface area contributed by atoms with E-state index in [-0.39, 0.29) is 6.03 Å². The highest BCUT2D eigenvalue weighted by Crippen LogP contribution is 2.19. The van der Waals surface area contributed by atoms with E-state index in [4.69, 9.17) is 17.3 Å². The highest BCUT2D eigenvalue weighted by Gasteiger charge is 2.20. The van der Waals surface area contributed by atoms with Gasteiger partial charge in [0.1, 0.15) is 5.82 Å². The Kier molecular flexibility index (Phi) is 6.70. The van der Waals surface area contributed by atoms with Crippen LogP contribution in [0.3, 0.4) is 0 Å². The van der Waals surface area contributed by atoms with Gasteiger partial charge in [-0.25, -0.2) is 9.78 Å². The number of nitrogen functional groups attached to an aromatic ring is 1. The summed E-state index contributed by atoms with van der Waals surface area (Å²) in [5.74, 6) is 0.530. The minimum Gasteiger partial charge on any atom is -0.384 e. The van der Waals surface area contributed by atoms with Gasteiger partial charge in [-0.3, -0.25) is 4.90 Å². The lowest BCUT2D eigenvalue weighted by molar-refractivity contribution is 0.148. The summed E-state index contributed by atoms with van der Waals surface area (Å²) in [4.78, 5) is 21.1. The summed E-state index contributed by atoms with van der Waals surface area (Å²) >= 11 is 5.89. The van der Waals surface area contributed by atoms with Gasteiger partial charge in [0.05, 0.1) is 5.69 Å². The van der Waals surface area contributed by atoms with Gasteiger partial charge >= 0.3 is 6.03 Å². The Labute approximate surface area is 187 Å². The molecule has 1 aromatic heterocycles. The summed E-state index contributed by atoms with van der Waals surface area (Å²) in [5, 5.41) is 3.59. The zero-order chi connectivity index (χ0) is 21.6. The molecule has 7 heteroatoms. The molecule has 0 atom stereocenters. The second kappa shape index (κ2) is 9.81. The van der Waals surface area contributed by atoms with E-state index in [9.17, 15) is 4.79 Å². The number of nitrogens with two attached hydrogens (primary N) is 1. The fourth-order valence-electron chi connectivity index (χ4n) is 3.65. The maximum atomic E-state index is 12.5. The first-order valence-electron chi connectivity index (χ1n) is 10.4. The Bertz CT molecular complexity index is 1010. The molecule has 1 saturated heterocycles. The number of aromatic nitrogens is 1. The molecule has 2 amide bonds. The van der Waals surface area contributed by atoms with Crippen LogP contribution in [0.25, 0.3) is 11.3 Å². The molecule has 3 aromatic rings. The summed E-state index contributed by atoms with van der Waals surface area (Å²) in [6, 6.07) is 21.3. The fraction of sp³-hybridized carbons (Fsp3) is 0.250. The molecule has 0 saturated carbocycles.